The van der Waals surface area contributed by atoms with E-state index in [1.807, 2.05) is 19.1 Å². The van der Waals surface area contributed by atoms with Gasteiger partial charge in [0.25, 0.3) is 0 Å². The predicted octanol–water partition coefficient (Wildman–Crippen LogP) is 1.24. The first-order valence-corrected chi connectivity index (χ1v) is 6.57. The average Bonchev–Trinajstić information content (AvgIpc) is 2.39. The lowest BCUT2D eigenvalue weighted by atomic mass is 10.1. The van der Waals surface area contributed by atoms with Crippen LogP contribution in [0.1, 0.15) is 13.8 Å². The molecular formula is C14H22N2O2. The average molecular weight is 250 g/mol. The quantitative estimate of drug-likeness (QED) is 0.844. The minimum absolute atomic E-state index is 0.153. The van der Waals surface area contributed by atoms with Crippen molar-refractivity contribution in [3.63, 3.8) is 0 Å². The van der Waals surface area contributed by atoms with Crippen molar-refractivity contribution in [2.24, 2.45) is 0 Å². The zero-order chi connectivity index (χ0) is 13.0. The Balaban J connectivity index is 2.05. The largest absolute Gasteiger partial charge is 0.494 e. The van der Waals surface area contributed by atoms with Gasteiger partial charge in [-0.3, -0.25) is 0 Å². The molecule has 0 spiro atoms. The topological polar surface area (TPSA) is 44.7 Å². The van der Waals surface area contributed by atoms with Gasteiger partial charge in [0.05, 0.1) is 13.2 Å². The lowest BCUT2D eigenvalue weighted by molar-refractivity contribution is 0.221. The summed E-state index contributed by atoms with van der Waals surface area (Å²) in [6.07, 6.45) is 0. The molecule has 0 radical (unpaired) electrons. The highest BCUT2D eigenvalue weighted by molar-refractivity contribution is 5.49. The van der Waals surface area contributed by atoms with Crippen LogP contribution in [0.3, 0.4) is 0 Å². The fourth-order valence-corrected chi connectivity index (χ4v) is 2.42. The molecule has 18 heavy (non-hydrogen) atoms. The van der Waals surface area contributed by atoms with Crippen molar-refractivity contribution in [2.45, 2.75) is 25.9 Å². The third-order valence-corrected chi connectivity index (χ3v) is 3.19. The van der Waals surface area contributed by atoms with Crippen molar-refractivity contribution in [1.82, 2.24) is 5.32 Å². The van der Waals surface area contributed by atoms with E-state index < -0.39 is 0 Å². The van der Waals surface area contributed by atoms with Gasteiger partial charge in [0.15, 0.2) is 0 Å². The highest BCUT2D eigenvalue weighted by Crippen LogP contribution is 2.21. The third-order valence-electron chi connectivity index (χ3n) is 3.19. The Morgan fingerprint density at radius 3 is 2.67 bits per heavy atom. The maximum atomic E-state index is 9.28. The Kier molecular flexibility index (Phi) is 4.44. The molecule has 1 aromatic carbocycles. The first-order valence-electron chi connectivity index (χ1n) is 6.57. The van der Waals surface area contributed by atoms with Crippen LogP contribution in [-0.2, 0) is 0 Å². The molecule has 1 aliphatic rings. The van der Waals surface area contributed by atoms with E-state index in [1.165, 1.54) is 5.69 Å². The molecule has 1 heterocycles. The Morgan fingerprint density at radius 2 is 2.06 bits per heavy atom. The standard InChI is InChI=1S/C14H22N2O2/c1-3-18-14-6-4-13(5-7-14)16-8-11(2)15-12(9-16)10-17/h4-7,11-12,15,17H,3,8-10H2,1-2H3. The molecule has 2 unspecified atom stereocenters. The van der Waals surface area contributed by atoms with Gasteiger partial charge in [-0.25, -0.2) is 0 Å². The zero-order valence-corrected chi connectivity index (χ0v) is 11.1. The van der Waals surface area contributed by atoms with E-state index in [4.69, 9.17) is 4.74 Å². The van der Waals surface area contributed by atoms with Crippen molar-refractivity contribution in [1.29, 1.82) is 0 Å². The number of hydrogen-bond acceptors (Lipinski definition) is 4. The highest BCUT2D eigenvalue weighted by Gasteiger charge is 2.23. The molecule has 1 fully saturated rings. The van der Waals surface area contributed by atoms with Crippen molar-refractivity contribution in [3.05, 3.63) is 24.3 Å². The molecule has 0 aliphatic carbocycles. The van der Waals surface area contributed by atoms with Crippen LogP contribution in [-0.4, -0.2) is 43.5 Å². The molecule has 0 aromatic heterocycles. The lowest BCUT2D eigenvalue weighted by Gasteiger charge is -2.38. The van der Waals surface area contributed by atoms with Crippen molar-refractivity contribution < 1.29 is 9.84 Å². The summed E-state index contributed by atoms with van der Waals surface area (Å²) in [5.41, 5.74) is 1.19. The maximum absolute atomic E-state index is 9.28. The second-order valence-corrected chi connectivity index (χ2v) is 4.78. The van der Waals surface area contributed by atoms with Crippen LogP contribution >= 0.6 is 0 Å². The zero-order valence-electron chi connectivity index (χ0n) is 11.1. The van der Waals surface area contributed by atoms with E-state index in [0.717, 1.165) is 18.8 Å². The fraction of sp³-hybridized carbons (Fsp3) is 0.571. The minimum atomic E-state index is 0.153. The Labute approximate surface area is 109 Å². The van der Waals surface area contributed by atoms with E-state index in [0.29, 0.717) is 12.6 Å². The van der Waals surface area contributed by atoms with Crippen LogP contribution in [0.15, 0.2) is 24.3 Å². The van der Waals surface area contributed by atoms with Gasteiger partial charge >= 0.3 is 0 Å². The van der Waals surface area contributed by atoms with Crippen molar-refractivity contribution in [3.8, 4) is 5.75 Å². The van der Waals surface area contributed by atoms with Crippen LogP contribution in [0, 0.1) is 0 Å². The van der Waals surface area contributed by atoms with Crippen LogP contribution in [0.2, 0.25) is 0 Å². The number of nitrogens with one attached hydrogen (secondary N) is 1. The van der Waals surface area contributed by atoms with Crippen LogP contribution in [0.25, 0.3) is 0 Å². The molecule has 100 valence electrons. The minimum Gasteiger partial charge on any atom is -0.494 e. The SMILES string of the molecule is CCOc1ccc(N2CC(C)NC(CO)C2)cc1. The first-order chi connectivity index (χ1) is 8.72. The van der Waals surface area contributed by atoms with Gasteiger partial charge in [-0.1, -0.05) is 0 Å². The Hall–Kier alpha value is -1.26. The van der Waals surface area contributed by atoms with E-state index in [-0.39, 0.29) is 12.6 Å². The van der Waals surface area contributed by atoms with Crippen LogP contribution in [0.4, 0.5) is 5.69 Å². The van der Waals surface area contributed by atoms with E-state index in [2.05, 4.69) is 29.3 Å². The second kappa shape index (κ2) is 6.07. The van der Waals surface area contributed by atoms with Gasteiger partial charge in [0, 0.05) is 30.9 Å². The normalized spacial score (nSPS) is 24.1. The number of anilines is 1. The fourth-order valence-electron chi connectivity index (χ4n) is 2.42. The lowest BCUT2D eigenvalue weighted by Crippen LogP contribution is -2.56. The highest BCUT2D eigenvalue weighted by atomic mass is 16.5. The van der Waals surface area contributed by atoms with Gasteiger partial charge < -0.3 is 20.1 Å². The number of aliphatic hydroxyl groups excluding tert-OH is 1. The molecule has 4 heteroatoms. The number of ether oxygens (including phenoxy) is 1. The molecular weight excluding hydrogens is 228 g/mol. The molecule has 0 amide bonds. The number of aliphatic hydroxyl groups is 1. The summed E-state index contributed by atoms with van der Waals surface area (Å²) in [6.45, 7) is 6.80. The summed E-state index contributed by atoms with van der Waals surface area (Å²) in [5, 5.41) is 12.7. The van der Waals surface area contributed by atoms with Gasteiger partial charge in [-0.05, 0) is 38.1 Å². The van der Waals surface area contributed by atoms with Crippen molar-refractivity contribution >= 4 is 5.69 Å². The molecule has 0 bridgehead atoms. The second-order valence-electron chi connectivity index (χ2n) is 4.78. The molecule has 0 saturated carbocycles. The summed E-state index contributed by atoms with van der Waals surface area (Å²) in [4.78, 5) is 2.30. The maximum Gasteiger partial charge on any atom is 0.119 e. The van der Waals surface area contributed by atoms with Gasteiger partial charge in [-0.2, -0.15) is 0 Å². The number of nitrogens with zero attached hydrogens (tertiary/aromatic N) is 1. The summed E-state index contributed by atoms with van der Waals surface area (Å²) in [7, 11) is 0. The molecule has 2 atom stereocenters. The molecule has 2 rings (SSSR count). The molecule has 1 aromatic rings. The van der Waals surface area contributed by atoms with Gasteiger partial charge in [0.1, 0.15) is 5.75 Å². The molecule has 1 aliphatic heterocycles. The molecule has 2 N–H and O–H groups in total. The van der Waals surface area contributed by atoms with Crippen LogP contribution < -0.4 is 15.0 Å². The van der Waals surface area contributed by atoms with E-state index >= 15 is 0 Å². The first kappa shape index (κ1) is 13.2. The summed E-state index contributed by atoms with van der Waals surface area (Å²) < 4.78 is 5.44. The Morgan fingerprint density at radius 1 is 1.33 bits per heavy atom. The number of rotatable bonds is 4. The van der Waals surface area contributed by atoms with E-state index in [1.54, 1.807) is 0 Å². The number of hydrogen-bond donors (Lipinski definition) is 2. The van der Waals surface area contributed by atoms with Crippen molar-refractivity contribution in [2.75, 3.05) is 31.2 Å². The third kappa shape index (κ3) is 3.15. The molecule has 1 saturated heterocycles. The predicted molar refractivity (Wildman–Crippen MR) is 73.3 cm³/mol. The Bertz CT molecular complexity index is 367. The summed E-state index contributed by atoms with van der Waals surface area (Å²) >= 11 is 0. The number of benzene rings is 1. The molecule has 4 nitrogen and oxygen atoms in total. The summed E-state index contributed by atoms with van der Waals surface area (Å²) in [6, 6.07) is 8.70. The van der Waals surface area contributed by atoms with Crippen LogP contribution in [0.5, 0.6) is 5.75 Å². The summed E-state index contributed by atoms with van der Waals surface area (Å²) in [5.74, 6) is 0.906. The number of piperazine rings is 1. The monoisotopic (exact) mass is 250 g/mol. The van der Waals surface area contributed by atoms with E-state index in [9.17, 15) is 5.11 Å². The smallest absolute Gasteiger partial charge is 0.119 e. The van der Waals surface area contributed by atoms with Gasteiger partial charge in [-0.15, -0.1) is 0 Å². The van der Waals surface area contributed by atoms with Gasteiger partial charge in [0.2, 0.25) is 0 Å².